The highest BCUT2D eigenvalue weighted by Crippen LogP contribution is 2.08. The van der Waals surface area contributed by atoms with Crippen molar-refractivity contribution in [1.82, 2.24) is 25.4 Å². The van der Waals surface area contributed by atoms with E-state index in [2.05, 4.69) is 25.4 Å². The minimum Gasteiger partial charge on any atom is -0.345 e. The normalized spacial score (nSPS) is 18.2. The monoisotopic (exact) mass is 237 g/mol. The molecule has 0 aliphatic carbocycles. The van der Waals surface area contributed by atoms with Crippen molar-refractivity contribution in [2.45, 2.75) is 32.7 Å². The van der Waals surface area contributed by atoms with Crippen molar-refractivity contribution in [3.05, 3.63) is 11.6 Å². The van der Waals surface area contributed by atoms with Crippen LogP contribution in [0.15, 0.2) is 0 Å². The van der Waals surface area contributed by atoms with Gasteiger partial charge in [0.1, 0.15) is 5.82 Å². The van der Waals surface area contributed by atoms with E-state index in [-0.39, 0.29) is 11.9 Å². The number of aryl methyl sites for hydroxylation is 1. The summed E-state index contributed by atoms with van der Waals surface area (Å²) in [4.78, 5) is 18.1. The number of carbonyl (C=O) groups excluding carboxylic acids is 1. The van der Waals surface area contributed by atoms with Crippen molar-refractivity contribution in [3.8, 4) is 0 Å². The molecule has 1 aromatic heterocycles. The van der Waals surface area contributed by atoms with Crippen LogP contribution in [0.1, 0.15) is 37.5 Å². The molecule has 6 nitrogen and oxygen atoms in total. The number of hydrogen-bond donors (Lipinski definition) is 2. The zero-order valence-electron chi connectivity index (χ0n) is 10.4. The summed E-state index contributed by atoms with van der Waals surface area (Å²) >= 11 is 0. The van der Waals surface area contributed by atoms with Gasteiger partial charge >= 0.3 is 0 Å². The van der Waals surface area contributed by atoms with Gasteiger partial charge in [-0.15, -0.1) is 0 Å². The van der Waals surface area contributed by atoms with Crippen molar-refractivity contribution in [2.75, 3.05) is 19.6 Å². The second kappa shape index (κ2) is 5.27. The first-order valence-corrected chi connectivity index (χ1v) is 6.06. The van der Waals surface area contributed by atoms with Crippen molar-refractivity contribution in [1.29, 1.82) is 0 Å². The third kappa shape index (κ3) is 3.26. The molecule has 1 aromatic rings. The summed E-state index contributed by atoms with van der Waals surface area (Å²) in [5.41, 5.74) is 0. The van der Waals surface area contributed by atoms with Gasteiger partial charge < -0.3 is 5.32 Å². The number of carbonyl (C=O) groups is 1. The summed E-state index contributed by atoms with van der Waals surface area (Å²) < 4.78 is 0. The smallest absolute Gasteiger partial charge is 0.234 e. The highest BCUT2D eigenvalue weighted by Gasteiger charge is 2.18. The van der Waals surface area contributed by atoms with Crippen molar-refractivity contribution >= 4 is 5.91 Å². The fourth-order valence-corrected chi connectivity index (χ4v) is 2.05. The lowest BCUT2D eigenvalue weighted by atomic mass is 10.3. The highest BCUT2D eigenvalue weighted by molar-refractivity contribution is 5.78. The van der Waals surface area contributed by atoms with Crippen molar-refractivity contribution < 1.29 is 4.79 Å². The van der Waals surface area contributed by atoms with Gasteiger partial charge in [0.2, 0.25) is 5.91 Å². The summed E-state index contributed by atoms with van der Waals surface area (Å²) in [7, 11) is 0. The van der Waals surface area contributed by atoms with Crippen LogP contribution in [-0.4, -0.2) is 45.6 Å². The number of rotatable bonds is 4. The van der Waals surface area contributed by atoms with Gasteiger partial charge in [0.15, 0.2) is 5.82 Å². The lowest BCUT2D eigenvalue weighted by molar-refractivity contribution is -0.122. The second-order valence-electron chi connectivity index (χ2n) is 4.55. The lowest BCUT2D eigenvalue weighted by Crippen LogP contribution is -2.37. The summed E-state index contributed by atoms with van der Waals surface area (Å²) in [6, 6.07) is -0.143. The fourth-order valence-electron chi connectivity index (χ4n) is 2.05. The number of amides is 1. The Morgan fingerprint density at radius 3 is 2.82 bits per heavy atom. The van der Waals surface area contributed by atoms with Gasteiger partial charge in [-0.1, -0.05) is 0 Å². The minimum atomic E-state index is -0.143. The first-order chi connectivity index (χ1) is 8.15. The number of likely N-dealkylation sites (tertiary alicyclic amines) is 1. The zero-order chi connectivity index (χ0) is 12.3. The van der Waals surface area contributed by atoms with Crippen molar-refractivity contribution in [3.63, 3.8) is 0 Å². The van der Waals surface area contributed by atoms with E-state index >= 15 is 0 Å². The number of nitrogens with one attached hydrogen (secondary N) is 2. The van der Waals surface area contributed by atoms with Gasteiger partial charge in [-0.05, 0) is 39.8 Å². The zero-order valence-corrected chi connectivity index (χ0v) is 10.4. The van der Waals surface area contributed by atoms with Crippen LogP contribution in [-0.2, 0) is 4.79 Å². The quantitative estimate of drug-likeness (QED) is 0.794. The maximum absolute atomic E-state index is 11.8. The largest absolute Gasteiger partial charge is 0.345 e. The molecule has 17 heavy (non-hydrogen) atoms. The van der Waals surface area contributed by atoms with E-state index in [9.17, 15) is 4.79 Å². The molecule has 1 atom stereocenters. The molecule has 0 spiro atoms. The molecular weight excluding hydrogens is 218 g/mol. The van der Waals surface area contributed by atoms with Crippen LogP contribution < -0.4 is 5.32 Å². The van der Waals surface area contributed by atoms with Crippen LogP contribution in [0.25, 0.3) is 0 Å². The SMILES string of the molecule is Cc1nc(C(C)NC(=O)CN2CCCC2)n[nH]1. The standard InChI is InChI=1S/C11H19N5O/c1-8(11-13-9(2)14-15-11)12-10(17)7-16-5-3-4-6-16/h8H,3-7H2,1-2H3,(H,12,17)(H,13,14,15). The Labute approximate surface area is 101 Å². The molecule has 0 bridgehead atoms. The summed E-state index contributed by atoms with van der Waals surface area (Å²) in [5, 5.41) is 9.72. The average molecular weight is 237 g/mol. The number of nitrogens with zero attached hydrogens (tertiary/aromatic N) is 3. The third-order valence-electron chi connectivity index (χ3n) is 2.95. The maximum atomic E-state index is 11.8. The van der Waals surface area contributed by atoms with E-state index in [1.54, 1.807) is 0 Å². The molecule has 1 aliphatic rings. The van der Waals surface area contributed by atoms with E-state index in [0.717, 1.165) is 18.9 Å². The van der Waals surface area contributed by atoms with Gasteiger partial charge in [-0.2, -0.15) is 5.10 Å². The topological polar surface area (TPSA) is 73.9 Å². The van der Waals surface area contributed by atoms with E-state index in [0.29, 0.717) is 12.4 Å². The van der Waals surface area contributed by atoms with E-state index in [4.69, 9.17) is 0 Å². The number of aromatic nitrogens is 3. The average Bonchev–Trinajstić information content (AvgIpc) is 2.89. The summed E-state index contributed by atoms with van der Waals surface area (Å²) in [6.07, 6.45) is 2.39. The molecule has 2 rings (SSSR count). The van der Waals surface area contributed by atoms with Gasteiger partial charge in [-0.25, -0.2) is 4.98 Å². The van der Waals surface area contributed by atoms with Gasteiger partial charge in [-0.3, -0.25) is 14.8 Å². The van der Waals surface area contributed by atoms with Gasteiger partial charge in [0, 0.05) is 0 Å². The van der Waals surface area contributed by atoms with Crippen LogP contribution in [0.3, 0.4) is 0 Å². The molecule has 1 amide bonds. The molecule has 1 saturated heterocycles. The number of aromatic amines is 1. The number of H-pyrrole nitrogens is 1. The molecule has 6 heteroatoms. The Kier molecular flexibility index (Phi) is 3.73. The van der Waals surface area contributed by atoms with Gasteiger partial charge in [0.05, 0.1) is 12.6 Å². The Bertz CT molecular complexity index is 383. The van der Waals surface area contributed by atoms with Gasteiger partial charge in [0.25, 0.3) is 0 Å². The van der Waals surface area contributed by atoms with Crippen LogP contribution in [0.4, 0.5) is 0 Å². The molecule has 2 N–H and O–H groups in total. The summed E-state index contributed by atoms with van der Waals surface area (Å²) in [5.74, 6) is 1.44. The van der Waals surface area contributed by atoms with E-state index < -0.39 is 0 Å². The first-order valence-electron chi connectivity index (χ1n) is 6.06. The molecule has 1 fully saturated rings. The Hall–Kier alpha value is -1.43. The van der Waals surface area contributed by atoms with E-state index in [1.807, 2.05) is 13.8 Å². The Balaban J connectivity index is 1.81. The lowest BCUT2D eigenvalue weighted by Gasteiger charge is -2.16. The summed E-state index contributed by atoms with van der Waals surface area (Å²) in [6.45, 7) is 6.27. The third-order valence-corrected chi connectivity index (χ3v) is 2.95. The molecular formula is C11H19N5O. The van der Waals surface area contributed by atoms with E-state index in [1.165, 1.54) is 12.8 Å². The van der Waals surface area contributed by atoms with Crippen molar-refractivity contribution in [2.24, 2.45) is 0 Å². The molecule has 1 aliphatic heterocycles. The van der Waals surface area contributed by atoms with Crippen LogP contribution >= 0.6 is 0 Å². The molecule has 2 heterocycles. The fraction of sp³-hybridized carbons (Fsp3) is 0.727. The highest BCUT2D eigenvalue weighted by atomic mass is 16.2. The maximum Gasteiger partial charge on any atom is 0.234 e. The predicted octanol–water partition coefficient (Wildman–Crippen LogP) is 0.386. The van der Waals surface area contributed by atoms with Crippen LogP contribution in [0.2, 0.25) is 0 Å². The number of hydrogen-bond acceptors (Lipinski definition) is 4. The predicted molar refractivity (Wildman–Crippen MR) is 63.4 cm³/mol. The van der Waals surface area contributed by atoms with Crippen LogP contribution in [0.5, 0.6) is 0 Å². The minimum absolute atomic E-state index is 0.0434. The van der Waals surface area contributed by atoms with Crippen LogP contribution in [0, 0.1) is 6.92 Å². The second-order valence-corrected chi connectivity index (χ2v) is 4.55. The molecule has 0 aromatic carbocycles. The molecule has 0 radical (unpaired) electrons. The molecule has 94 valence electrons. The molecule has 1 unspecified atom stereocenters. The Morgan fingerprint density at radius 2 is 2.24 bits per heavy atom. The Morgan fingerprint density at radius 1 is 1.53 bits per heavy atom. The first kappa shape index (κ1) is 12.0. The molecule has 0 saturated carbocycles.